The number of carbonyl (C=O) groups excluding carboxylic acids is 1. The van der Waals surface area contributed by atoms with Gasteiger partial charge in [-0.3, -0.25) is 9.48 Å². The maximum Gasteiger partial charge on any atom is 0.271 e. The summed E-state index contributed by atoms with van der Waals surface area (Å²) in [4.78, 5) is 12.3. The van der Waals surface area contributed by atoms with Crippen LogP contribution in [0.15, 0.2) is 34.9 Å². The molecule has 2 aromatic heterocycles. The molecular weight excluding hydrogens is 458 g/mol. The van der Waals surface area contributed by atoms with E-state index in [1.165, 1.54) is 0 Å². The van der Waals surface area contributed by atoms with Gasteiger partial charge >= 0.3 is 0 Å². The van der Waals surface area contributed by atoms with Crippen LogP contribution >= 0.6 is 27.5 Å². The number of amides is 1. The highest BCUT2D eigenvalue weighted by molar-refractivity contribution is 9.10. The van der Waals surface area contributed by atoms with Gasteiger partial charge < -0.3 is 10.1 Å². The Labute approximate surface area is 183 Å². The summed E-state index contributed by atoms with van der Waals surface area (Å²) in [5, 5.41) is 12.3. The van der Waals surface area contributed by atoms with Crippen molar-refractivity contribution in [3.63, 3.8) is 0 Å². The van der Waals surface area contributed by atoms with E-state index < -0.39 is 0 Å². The molecule has 154 valence electrons. The fourth-order valence-electron chi connectivity index (χ4n) is 2.88. The number of carbonyl (C=O) groups is 1. The summed E-state index contributed by atoms with van der Waals surface area (Å²) in [5.41, 5.74) is 3.35. The molecule has 0 unspecified atom stereocenters. The lowest BCUT2D eigenvalue weighted by Gasteiger charge is -2.09. The Kier molecular flexibility index (Phi) is 6.97. The van der Waals surface area contributed by atoms with Crippen LogP contribution in [-0.2, 0) is 13.3 Å². The molecule has 0 fully saturated rings. The molecule has 9 heteroatoms. The van der Waals surface area contributed by atoms with Gasteiger partial charge in [0.1, 0.15) is 11.4 Å². The number of hydrogen-bond donors (Lipinski definition) is 1. The van der Waals surface area contributed by atoms with Gasteiger partial charge in [-0.15, -0.1) is 0 Å². The summed E-state index contributed by atoms with van der Waals surface area (Å²) in [6.45, 7) is 7.40. The largest absolute Gasteiger partial charge is 0.471 e. The van der Waals surface area contributed by atoms with Gasteiger partial charge in [0.2, 0.25) is 0 Å². The molecule has 7 nitrogen and oxygen atoms in total. The molecule has 1 amide bonds. The third kappa shape index (κ3) is 5.39. The molecule has 0 spiro atoms. The van der Waals surface area contributed by atoms with Crippen LogP contribution < -0.4 is 10.1 Å². The van der Waals surface area contributed by atoms with Crippen molar-refractivity contribution in [1.29, 1.82) is 0 Å². The molecule has 0 radical (unpaired) electrons. The van der Waals surface area contributed by atoms with Gasteiger partial charge in [-0.25, -0.2) is 4.68 Å². The number of benzene rings is 1. The van der Waals surface area contributed by atoms with Gasteiger partial charge in [0.15, 0.2) is 6.73 Å². The SMILES string of the molecule is Cc1cc(Cl)ccc1OCn1ccc(C(=O)NCCCn2nc(C)c(Br)c2C)n1. The maximum atomic E-state index is 12.3. The van der Waals surface area contributed by atoms with Crippen molar-refractivity contribution in [3.05, 3.63) is 62.6 Å². The second-order valence-electron chi connectivity index (χ2n) is 6.74. The van der Waals surface area contributed by atoms with Crippen LogP contribution in [0.1, 0.15) is 33.9 Å². The molecule has 0 aliphatic heterocycles. The van der Waals surface area contributed by atoms with Crippen LogP contribution in [0.3, 0.4) is 0 Å². The highest BCUT2D eigenvalue weighted by Gasteiger charge is 2.11. The quantitative estimate of drug-likeness (QED) is 0.489. The smallest absolute Gasteiger partial charge is 0.271 e. The van der Waals surface area contributed by atoms with E-state index >= 15 is 0 Å². The Balaban J connectivity index is 1.45. The van der Waals surface area contributed by atoms with E-state index in [1.807, 2.05) is 37.6 Å². The minimum Gasteiger partial charge on any atom is -0.471 e. The molecule has 0 bridgehead atoms. The molecule has 0 saturated heterocycles. The summed E-state index contributed by atoms with van der Waals surface area (Å²) in [6, 6.07) is 7.10. The molecule has 0 atom stereocenters. The number of aromatic nitrogens is 4. The second kappa shape index (κ2) is 9.45. The van der Waals surface area contributed by atoms with Crippen LogP contribution in [0.25, 0.3) is 0 Å². The fourth-order valence-corrected chi connectivity index (χ4v) is 3.39. The van der Waals surface area contributed by atoms with Crippen molar-refractivity contribution in [1.82, 2.24) is 24.9 Å². The van der Waals surface area contributed by atoms with Crippen LogP contribution in [0.5, 0.6) is 5.75 Å². The average Bonchev–Trinajstić information content (AvgIpc) is 3.25. The van der Waals surface area contributed by atoms with Gasteiger partial charge in [0, 0.05) is 30.0 Å². The third-order valence-corrected chi connectivity index (χ3v) is 5.87. The first-order chi connectivity index (χ1) is 13.8. The summed E-state index contributed by atoms with van der Waals surface area (Å²) in [7, 11) is 0. The average molecular weight is 481 g/mol. The molecule has 1 aromatic carbocycles. The Hall–Kier alpha value is -2.32. The lowest BCUT2D eigenvalue weighted by Crippen LogP contribution is -2.26. The molecule has 0 saturated carbocycles. The zero-order valence-electron chi connectivity index (χ0n) is 16.6. The minimum atomic E-state index is -0.207. The molecule has 29 heavy (non-hydrogen) atoms. The number of halogens is 2. The van der Waals surface area contributed by atoms with Crippen molar-refractivity contribution in [2.45, 2.75) is 40.5 Å². The molecule has 0 aliphatic carbocycles. The standard InChI is InChI=1S/C20H23BrClN5O2/c1-13-11-16(22)5-6-18(13)29-12-26-10-7-17(25-26)20(28)23-8-4-9-27-15(3)19(21)14(2)24-27/h5-7,10-11H,4,8-9,12H2,1-3H3,(H,23,28). The molecule has 1 N–H and O–H groups in total. The van der Waals surface area contributed by atoms with Crippen molar-refractivity contribution in [2.75, 3.05) is 6.54 Å². The number of rotatable bonds is 8. The monoisotopic (exact) mass is 479 g/mol. The van der Waals surface area contributed by atoms with E-state index in [1.54, 1.807) is 23.0 Å². The van der Waals surface area contributed by atoms with E-state index in [2.05, 4.69) is 31.4 Å². The minimum absolute atomic E-state index is 0.207. The molecule has 0 aliphatic rings. The Bertz CT molecular complexity index is 1010. The zero-order valence-corrected chi connectivity index (χ0v) is 18.9. The van der Waals surface area contributed by atoms with Crippen LogP contribution in [0.4, 0.5) is 0 Å². The Morgan fingerprint density at radius 3 is 2.72 bits per heavy atom. The van der Waals surface area contributed by atoms with Gasteiger partial charge in [0.05, 0.1) is 10.2 Å². The number of nitrogens with zero attached hydrogens (tertiary/aromatic N) is 4. The number of aryl methyl sites for hydroxylation is 3. The summed E-state index contributed by atoms with van der Waals surface area (Å²) in [6.07, 6.45) is 2.49. The van der Waals surface area contributed by atoms with E-state index in [9.17, 15) is 4.79 Å². The first-order valence-electron chi connectivity index (χ1n) is 9.25. The highest BCUT2D eigenvalue weighted by atomic mass is 79.9. The molecule has 3 aromatic rings. The van der Waals surface area contributed by atoms with Gasteiger partial charge in [-0.1, -0.05) is 11.6 Å². The predicted octanol–water partition coefficient (Wildman–Crippen LogP) is 4.28. The van der Waals surface area contributed by atoms with Crippen molar-refractivity contribution < 1.29 is 9.53 Å². The number of hydrogen-bond acceptors (Lipinski definition) is 4. The summed E-state index contributed by atoms with van der Waals surface area (Å²) < 4.78 is 10.3. The molecule has 3 rings (SSSR count). The number of nitrogens with one attached hydrogen (secondary N) is 1. The van der Waals surface area contributed by atoms with E-state index in [-0.39, 0.29) is 12.6 Å². The van der Waals surface area contributed by atoms with Crippen LogP contribution in [0, 0.1) is 20.8 Å². The van der Waals surface area contributed by atoms with Gasteiger partial charge in [-0.2, -0.15) is 10.2 Å². The highest BCUT2D eigenvalue weighted by Crippen LogP contribution is 2.22. The Morgan fingerprint density at radius 2 is 2.03 bits per heavy atom. The topological polar surface area (TPSA) is 74.0 Å². The van der Waals surface area contributed by atoms with E-state index in [0.717, 1.165) is 40.1 Å². The Morgan fingerprint density at radius 1 is 1.24 bits per heavy atom. The molecule has 2 heterocycles. The van der Waals surface area contributed by atoms with E-state index in [0.29, 0.717) is 17.3 Å². The molecular formula is C20H23BrClN5O2. The van der Waals surface area contributed by atoms with E-state index in [4.69, 9.17) is 16.3 Å². The van der Waals surface area contributed by atoms with Crippen molar-refractivity contribution in [2.24, 2.45) is 0 Å². The second-order valence-corrected chi connectivity index (χ2v) is 7.97. The predicted molar refractivity (Wildman–Crippen MR) is 115 cm³/mol. The first kappa shape index (κ1) is 21.4. The van der Waals surface area contributed by atoms with Gasteiger partial charge in [-0.05, 0) is 73.0 Å². The summed E-state index contributed by atoms with van der Waals surface area (Å²) >= 11 is 9.47. The van der Waals surface area contributed by atoms with Crippen LogP contribution in [-0.4, -0.2) is 32.0 Å². The fraction of sp³-hybridized carbons (Fsp3) is 0.350. The third-order valence-electron chi connectivity index (χ3n) is 4.49. The number of ether oxygens (including phenoxy) is 1. The zero-order chi connectivity index (χ0) is 21.0. The van der Waals surface area contributed by atoms with Crippen molar-refractivity contribution >= 4 is 33.4 Å². The van der Waals surface area contributed by atoms with Crippen molar-refractivity contribution in [3.8, 4) is 5.75 Å². The lowest BCUT2D eigenvalue weighted by atomic mass is 10.2. The lowest BCUT2D eigenvalue weighted by molar-refractivity contribution is 0.0945. The summed E-state index contributed by atoms with van der Waals surface area (Å²) in [5.74, 6) is 0.521. The van der Waals surface area contributed by atoms with Crippen LogP contribution in [0.2, 0.25) is 5.02 Å². The maximum absolute atomic E-state index is 12.3. The normalized spacial score (nSPS) is 10.9. The van der Waals surface area contributed by atoms with Gasteiger partial charge in [0.25, 0.3) is 5.91 Å². The first-order valence-corrected chi connectivity index (χ1v) is 10.4.